The number of nitrogens with one attached hydrogen (secondary N) is 3. The number of ether oxygens (including phenoxy) is 1. The van der Waals surface area contributed by atoms with Gasteiger partial charge in [-0.2, -0.15) is 5.26 Å². The summed E-state index contributed by atoms with van der Waals surface area (Å²) in [6.07, 6.45) is -1.14. The van der Waals surface area contributed by atoms with Crippen molar-refractivity contribution >= 4 is 6.03 Å². The van der Waals surface area contributed by atoms with Crippen LogP contribution in [0.2, 0.25) is 0 Å². The normalized spacial score (nSPS) is 23.0. The largest absolute Gasteiger partial charge is 0.389 e. The number of benzene rings is 1. The fourth-order valence-electron chi connectivity index (χ4n) is 2.55. The lowest BCUT2D eigenvalue weighted by molar-refractivity contribution is 0.0425. The Bertz CT molecular complexity index is 600. The number of nitrogens with zero attached hydrogens (tertiary/aromatic N) is 1. The summed E-state index contributed by atoms with van der Waals surface area (Å²) in [4.78, 5) is 11.6. The zero-order valence-corrected chi connectivity index (χ0v) is 14.0. The van der Waals surface area contributed by atoms with Crippen LogP contribution in [-0.2, 0) is 11.3 Å². The highest BCUT2D eigenvalue weighted by atomic mass is 16.5. The fourth-order valence-corrected chi connectivity index (χ4v) is 2.55. The summed E-state index contributed by atoms with van der Waals surface area (Å²) in [6, 6.07) is 8.99. The lowest BCUT2D eigenvalue weighted by Crippen LogP contribution is -2.47. The number of hydrogen-bond acceptors (Lipinski definition) is 5. The zero-order chi connectivity index (χ0) is 17.5. The topological polar surface area (TPSA) is 106 Å². The maximum absolute atomic E-state index is 11.6. The van der Waals surface area contributed by atoms with Gasteiger partial charge in [0.25, 0.3) is 0 Å². The van der Waals surface area contributed by atoms with Crippen LogP contribution in [0.4, 0.5) is 4.79 Å². The lowest BCUT2D eigenvalue weighted by atomic mass is 10.1. The van der Waals surface area contributed by atoms with Gasteiger partial charge < -0.3 is 25.8 Å². The van der Waals surface area contributed by atoms with Crippen LogP contribution in [0.15, 0.2) is 24.3 Å². The third kappa shape index (κ3) is 5.20. The van der Waals surface area contributed by atoms with E-state index in [1.165, 1.54) is 0 Å². The molecular formula is C17H24N4O3. The van der Waals surface area contributed by atoms with Crippen molar-refractivity contribution in [3.05, 3.63) is 35.4 Å². The first kappa shape index (κ1) is 18.2. The van der Waals surface area contributed by atoms with Gasteiger partial charge in [0.15, 0.2) is 0 Å². The highest BCUT2D eigenvalue weighted by Crippen LogP contribution is 2.15. The van der Waals surface area contributed by atoms with Crippen LogP contribution in [0.3, 0.4) is 0 Å². The molecule has 2 amide bonds. The summed E-state index contributed by atoms with van der Waals surface area (Å²) in [6.45, 7) is 4.91. The second kappa shape index (κ2) is 8.64. The third-order valence-electron chi connectivity index (χ3n) is 3.79. The average molecular weight is 332 g/mol. The molecule has 1 aliphatic rings. The number of aliphatic hydroxyl groups is 1. The van der Waals surface area contributed by atoms with Crippen LogP contribution in [0, 0.1) is 11.3 Å². The summed E-state index contributed by atoms with van der Waals surface area (Å²) in [5.74, 6) is 0. The van der Waals surface area contributed by atoms with Crippen molar-refractivity contribution < 1.29 is 14.6 Å². The van der Waals surface area contributed by atoms with Crippen LogP contribution in [0.25, 0.3) is 0 Å². The van der Waals surface area contributed by atoms with E-state index in [-0.39, 0.29) is 24.7 Å². The van der Waals surface area contributed by atoms with E-state index in [9.17, 15) is 9.90 Å². The van der Waals surface area contributed by atoms with Crippen molar-refractivity contribution in [2.24, 2.45) is 0 Å². The van der Waals surface area contributed by atoms with Crippen LogP contribution in [-0.4, -0.2) is 48.6 Å². The van der Waals surface area contributed by atoms with Gasteiger partial charge in [-0.3, -0.25) is 0 Å². The molecule has 0 saturated carbocycles. The number of carbonyl (C=O) groups is 1. The van der Waals surface area contributed by atoms with Crippen molar-refractivity contribution in [1.29, 1.82) is 5.26 Å². The van der Waals surface area contributed by atoms with Crippen LogP contribution >= 0.6 is 0 Å². The van der Waals surface area contributed by atoms with E-state index < -0.39 is 12.2 Å². The van der Waals surface area contributed by atoms with Gasteiger partial charge in [-0.05, 0) is 31.5 Å². The Morgan fingerprint density at radius 1 is 1.50 bits per heavy atom. The Morgan fingerprint density at radius 3 is 3.00 bits per heavy atom. The molecule has 1 heterocycles. The van der Waals surface area contributed by atoms with Crippen molar-refractivity contribution in [3.8, 4) is 6.07 Å². The fraction of sp³-hybridized carbons (Fsp3) is 0.529. The van der Waals surface area contributed by atoms with Crippen molar-refractivity contribution in [1.82, 2.24) is 16.0 Å². The van der Waals surface area contributed by atoms with E-state index in [0.29, 0.717) is 18.7 Å². The number of hydrogen-bond donors (Lipinski definition) is 4. The highest BCUT2D eigenvalue weighted by molar-refractivity contribution is 5.74. The summed E-state index contributed by atoms with van der Waals surface area (Å²) >= 11 is 0. The third-order valence-corrected chi connectivity index (χ3v) is 3.79. The van der Waals surface area contributed by atoms with E-state index in [2.05, 4.69) is 22.0 Å². The standard InChI is InChI=1S/C17H24N4O3/c1-11(2)21-17(23)20-9-15-16(22)14(10-24-15)19-8-13-5-3-4-12(6-13)7-18/h3-6,11,14-16,19,22H,8-10H2,1-2H3,(H2,20,21,23). The maximum atomic E-state index is 11.6. The van der Waals surface area contributed by atoms with E-state index in [0.717, 1.165) is 5.56 Å². The Labute approximate surface area is 142 Å². The second-order valence-electron chi connectivity index (χ2n) is 6.17. The van der Waals surface area contributed by atoms with E-state index >= 15 is 0 Å². The van der Waals surface area contributed by atoms with Gasteiger partial charge in [0.2, 0.25) is 0 Å². The molecule has 2 rings (SSSR count). The molecule has 1 aromatic rings. The van der Waals surface area contributed by atoms with Crippen molar-refractivity contribution in [2.75, 3.05) is 13.2 Å². The Balaban J connectivity index is 1.78. The molecule has 1 aromatic carbocycles. The van der Waals surface area contributed by atoms with Crippen LogP contribution in [0.5, 0.6) is 0 Å². The molecule has 1 fully saturated rings. The molecule has 24 heavy (non-hydrogen) atoms. The SMILES string of the molecule is CC(C)NC(=O)NCC1OCC(NCc2cccc(C#N)c2)C1O. The van der Waals surface area contributed by atoms with Gasteiger partial charge in [0.1, 0.15) is 6.10 Å². The van der Waals surface area contributed by atoms with Gasteiger partial charge >= 0.3 is 6.03 Å². The van der Waals surface area contributed by atoms with Crippen LogP contribution < -0.4 is 16.0 Å². The molecule has 1 aliphatic heterocycles. The quantitative estimate of drug-likeness (QED) is 0.606. The molecule has 7 heteroatoms. The number of nitriles is 1. The minimum absolute atomic E-state index is 0.0537. The van der Waals surface area contributed by atoms with Gasteiger partial charge in [-0.15, -0.1) is 0 Å². The lowest BCUT2D eigenvalue weighted by Gasteiger charge is -2.19. The molecule has 3 unspecified atom stereocenters. The van der Waals surface area contributed by atoms with Gasteiger partial charge in [-0.25, -0.2) is 4.79 Å². The first-order valence-electron chi connectivity index (χ1n) is 8.06. The molecular weight excluding hydrogens is 308 g/mol. The van der Waals surface area contributed by atoms with Gasteiger partial charge in [0, 0.05) is 19.1 Å². The van der Waals surface area contributed by atoms with Crippen molar-refractivity contribution in [3.63, 3.8) is 0 Å². The number of aliphatic hydroxyl groups excluding tert-OH is 1. The number of rotatable bonds is 6. The molecule has 1 saturated heterocycles. The van der Waals surface area contributed by atoms with Crippen molar-refractivity contribution in [2.45, 2.75) is 44.7 Å². The molecule has 0 bridgehead atoms. The summed E-state index contributed by atoms with van der Waals surface area (Å²) < 4.78 is 5.56. The molecule has 0 spiro atoms. The molecule has 130 valence electrons. The first-order chi connectivity index (χ1) is 11.5. The molecule has 0 radical (unpaired) electrons. The minimum Gasteiger partial charge on any atom is -0.389 e. The number of amides is 2. The maximum Gasteiger partial charge on any atom is 0.315 e. The Morgan fingerprint density at radius 2 is 2.29 bits per heavy atom. The van der Waals surface area contributed by atoms with Gasteiger partial charge in [0.05, 0.1) is 30.4 Å². The van der Waals surface area contributed by atoms with E-state index in [1.54, 1.807) is 6.07 Å². The summed E-state index contributed by atoms with van der Waals surface area (Å²) in [5.41, 5.74) is 1.58. The highest BCUT2D eigenvalue weighted by Gasteiger charge is 2.35. The smallest absolute Gasteiger partial charge is 0.315 e. The monoisotopic (exact) mass is 332 g/mol. The number of carbonyl (C=O) groups excluding carboxylic acids is 1. The molecule has 3 atom stereocenters. The minimum atomic E-state index is -0.705. The second-order valence-corrected chi connectivity index (χ2v) is 6.17. The van der Waals surface area contributed by atoms with E-state index in [1.807, 2.05) is 32.0 Å². The summed E-state index contributed by atoms with van der Waals surface area (Å²) in [7, 11) is 0. The molecule has 0 aromatic heterocycles. The predicted octanol–water partition coefficient (Wildman–Crippen LogP) is 0.484. The number of urea groups is 1. The van der Waals surface area contributed by atoms with Gasteiger partial charge in [-0.1, -0.05) is 12.1 Å². The Hall–Kier alpha value is -2.14. The van der Waals surface area contributed by atoms with Crippen LogP contribution in [0.1, 0.15) is 25.0 Å². The average Bonchev–Trinajstić information content (AvgIpc) is 2.91. The molecule has 4 N–H and O–H groups in total. The molecule has 7 nitrogen and oxygen atoms in total. The zero-order valence-electron chi connectivity index (χ0n) is 14.0. The Kier molecular flexibility index (Phi) is 6.55. The van der Waals surface area contributed by atoms with E-state index in [4.69, 9.17) is 10.00 Å². The molecule has 0 aliphatic carbocycles. The summed E-state index contributed by atoms with van der Waals surface area (Å²) in [5, 5.41) is 27.9. The predicted molar refractivity (Wildman–Crippen MR) is 89.2 cm³/mol. The first-order valence-corrected chi connectivity index (χ1v) is 8.06.